The molecule has 3 unspecified atom stereocenters. The van der Waals surface area contributed by atoms with Crippen LogP contribution in [0.25, 0.3) is 0 Å². The van der Waals surface area contributed by atoms with Gasteiger partial charge in [0.1, 0.15) is 5.82 Å². The number of hydrogen-bond donors (Lipinski definition) is 2. The number of benzene rings is 1. The van der Waals surface area contributed by atoms with Crippen LogP contribution in [0.2, 0.25) is 5.02 Å². The van der Waals surface area contributed by atoms with Gasteiger partial charge in [-0.3, -0.25) is 4.79 Å². The smallest absolute Gasteiger partial charge is 0.223 e. The molecule has 3 N–H and O–H groups in total. The predicted octanol–water partition coefficient (Wildman–Crippen LogP) is 3.17. The first-order chi connectivity index (χ1) is 9.47. The summed E-state index contributed by atoms with van der Waals surface area (Å²) in [5.74, 6) is -0.399. The molecule has 1 amide bonds. The summed E-state index contributed by atoms with van der Waals surface area (Å²) in [6.45, 7) is 1.85. The Morgan fingerprint density at radius 2 is 2.25 bits per heavy atom. The second-order valence-electron chi connectivity index (χ2n) is 5.52. The average Bonchev–Trinajstić information content (AvgIpc) is 2.38. The molecule has 1 aromatic carbocycles. The van der Waals surface area contributed by atoms with E-state index < -0.39 is 0 Å². The first-order valence-corrected chi connectivity index (χ1v) is 7.36. The highest BCUT2D eigenvalue weighted by molar-refractivity contribution is 6.31. The highest BCUT2D eigenvalue weighted by Gasteiger charge is 2.26. The summed E-state index contributed by atoms with van der Waals surface area (Å²) >= 11 is 6.01. The number of nitrogens with one attached hydrogen (secondary N) is 1. The molecular weight excluding hydrogens is 279 g/mol. The van der Waals surface area contributed by atoms with Crippen LogP contribution in [0.15, 0.2) is 18.2 Å². The first-order valence-electron chi connectivity index (χ1n) is 6.98. The Labute approximate surface area is 123 Å². The molecule has 20 heavy (non-hydrogen) atoms. The highest BCUT2D eigenvalue weighted by atomic mass is 35.5. The Hall–Kier alpha value is -1.13. The van der Waals surface area contributed by atoms with Gasteiger partial charge in [-0.05, 0) is 43.9 Å². The van der Waals surface area contributed by atoms with E-state index in [-0.39, 0.29) is 29.7 Å². The summed E-state index contributed by atoms with van der Waals surface area (Å²) in [5.41, 5.74) is 6.63. The van der Waals surface area contributed by atoms with Crippen LogP contribution in [-0.2, 0) is 4.79 Å². The van der Waals surface area contributed by atoms with Crippen LogP contribution in [0.4, 0.5) is 4.39 Å². The molecule has 1 aliphatic rings. The third-order valence-electron chi connectivity index (χ3n) is 3.87. The van der Waals surface area contributed by atoms with Crippen molar-refractivity contribution >= 4 is 17.5 Å². The largest absolute Gasteiger partial charge is 0.349 e. The minimum absolute atomic E-state index is 0.00745. The normalized spacial score (nSPS) is 24.2. The van der Waals surface area contributed by atoms with Crippen LogP contribution in [0.5, 0.6) is 0 Å². The minimum atomic E-state index is -0.379. The fourth-order valence-electron chi connectivity index (χ4n) is 2.73. The summed E-state index contributed by atoms with van der Waals surface area (Å²) < 4.78 is 13.0. The highest BCUT2D eigenvalue weighted by Crippen LogP contribution is 2.26. The van der Waals surface area contributed by atoms with Crippen molar-refractivity contribution < 1.29 is 9.18 Å². The van der Waals surface area contributed by atoms with Crippen molar-refractivity contribution in [3.8, 4) is 0 Å². The van der Waals surface area contributed by atoms with E-state index in [1.807, 2.05) is 6.92 Å². The van der Waals surface area contributed by atoms with Crippen LogP contribution in [0.3, 0.4) is 0 Å². The lowest BCUT2D eigenvalue weighted by Gasteiger charge is -2.27. The van der Waals surface area contributed by atoms with Gasteiger partial charge in [-0.2, -0.15) is 0 Å². The van der Waals surface area contributed by atoms with E-state index in [2.05, 4.69) is 5.32 Å². The molecule has 0 saturated heterocycles. The molecule has 0 bridgehead atoms. The molecule has 1 saturated carbocycles. The molecule has 1 aliphatic carbocycles. The second-order valence-corrected chi connectivity index (χ2v) is 5.93. The topological polar surface area (TPSA) is 55.1 Å². The molecule has 3 nitrogen and oxygen atoms in total. The number of nitrogens with two attached hydrogens (primary N) is 1. The van der Waals surface area contributed by atoms with Crippen molar-refractivity contribution in [3.05, 3.63) is 34.6 Å². The SMILES string of the molecule is CC(NC(=O)C1CCCC(N)C1)c1ccc(F)cc1Cl. The molecule has 110 valence electrons. The third kappa shape index (κ3) is 3.70. The van der Waals surface area contributed by atoms with E-state index in [1.165, 1.54) is 12.1 Å². The Balaban J connectivity index is 1.99. The first kappa shape index (κ1) is 15.3. The van der Waals surface area contributed by atoms with Gasteiger partial charge < -0.3 is 11.1 Å². The molecular formula is C15H20ClFN2O. The van der Waals surface area contributed by atoms with Gasteiger partial charge in [0.2, 0.25) is 5.91 Å². The van der Waals surface area contributed by atoms with Gasteiger partial charge in [-0.25, -0.2) is 4.39 Å². The van der Waals surface area contributed by atoms with Crippen molar-refractivity contribution in [2.45, 2.75) is 44.7 Å². The molecule has 2 rings (SSSR count). The summed E-state index contributed by atoms with van der Waals surface area (Å²) in [6, 6.07) is 4.09. The Morgan fingerprint density at radius 3 is 2.90 bits per heavy atom. The van der Waals surface area contributed by atoms with E-state index in [0.717, 1.165) is 31.2 Å². The zero-order chi connectivity index (χ0) is 14.7. The number of amides is 1. The van der Waals surface area contributed by atoms with Crippen molar-refractivity contribution in [1.29, 1.82) is 0 Å². The molecule has 0 aromatic heterocycles. The van der Waals surface area contributed by atoms with Crippen LogP contribution in [0.1, 0.15) is 44.2 Å². The summed E-state index contributed by atoms with van der Waals surface area (Å²) in [7, 11) is 0. The Kier molecular flexibility index (Phi) is 5.00. The molecule has 0 aliphatic heterocycles. The van der Waals surface area contributed by atoms with Gasteiger partial charge in [0.05, 0.1) is 6.04 Å². The lowest BCUT2D eigenvalue weighted by Crippen LogP contribution is -2.38. The predicted molar refractivity (Wildman–Crippen MR) is 77.9 cm³/mol. The van der Waals surface area contributed by atoms with E-state index >= 15 is 0 Å². The van der Waals surface area contributed by atoms with Crippen molar-refractivity contribution in [2.75, 3.05) is 0 Å². The quantitative estimate of drug-likeness (QED) is 0.900. The zero-order valence-electron chi connectivity index (χ0n) is 11.5. The van der Waals surface area contributed by atoms with Gasteiger partial charge in [0, 0.05) is 17.0 Å². The molecule has 0 heterocycles. The monoisotopic (exact) mass is 298 g/mol. The molecule has 0 spiro atoms. The van der Waals surface area contributed by atoms with Gasteiger partial charge >= 0.3 is 0 Å². The van der Waals surface area contributed by atoms with E-state index in [9.17, 15) is 9.18 Å². The van der Waals surface area contributed by atoms with Gasteiger partial charge in [-0.1, -0.05) is 24.1 Å². The number of hydrogen-bond acceptors (Lipinski definition) is 2. The summed E-state index contributed by atoms with van der Waals surface area (Å²) in [5, 5.41) is 3.28. The van der Waals surface area contributed by atoms with Crippen LogP contribution < -0.4 is 11.1 Å². The van der Waals surface area contributed by atoms with Crippen LogP contribution in [0, 0.1) is 11.7 Å². The molecule has 1 aromatic rings. The van der Waals surface area contributed by atoms with Gasteiger partial charge in [-0.15, -0.1) is 0 Å². The maximum Gasteiger partial charge on any atom is 0.223 e. The third-order valence-corrected chi connectivity index (χ3v) is 4.20. The van der Waals surface area contributed by atoms with Crippen LogP contribution >= 0.6 is 11.6 Å². The fraction of sp³-hybridized carbons (Fsp3) is 0.533. The van der Waals surface area contributed by atoms with E-state index in [1.54, 1.807) is 6.07 Å². The Morgan fingerprint density at radius 1 is 1.50 bits per heavy atom. The standard InChI is InChI=1S/C15H20ClFN2O/c1-9(13-6-5-11(17)8-14(13)16)19-15(20)10-3-2-4-12(18)7-10/h5-6,8-10,12H,2-4,7,18H2,1H3,(H,19,20). The van der Waals surface area contributed by atoms with Gasteiger partial charge in [0.15, 0.2) is 0 Å². The van der Waals surface area contributed by atoms with Crippen molar-refractivity contribution in [3.63, 3.8) is 0 Å². The van der Waals surface area contributed by atoms with E-state index in [4.69, 9.17) is 17.3 Å². The number of halogens is 2. The molecule has 0 radical (unpaired) electrons. The lowest BCUT2D eigenvalue weighted by molar-refractivity contribution is -0.126. The number of carbonyl (C=O) groups is 1. The molecule has 5 heteroatoms. The molecule has 3 atom stereocenters. The van der Waals surface area contributed by atoms with Crippen LogP contribution in [-0.4, -0.2) is 11.9 Å². The number of carbonyl (C=O) groups excluding carboxylic acids is 1. The maximum absolute atomic E-state index is 13.0. The Bertz CT molecular complexity index is 495. The van der Waals surface area contributed by atoms with Crippen molar-refractivity contribution in [2.24, 2.45) is 11.7 Å². The van der Waals surface area contributed by atoms with E-state index in [0.29, 0.717) is 5.02 Å². The number of rotatable bonds is 3. The fourth-order valence-corrected chi connectivity index (χ4v) is 3.06. The average molecular weight is 299 g/mol. The second kappa shape index (κ2) is 6.55. The lowest BCUT2D eigenvalue weighted by atomic mass is 9.85. The molecule has 1 fully saturated rings. The van der Waals surface area contributed by atoms with Crippen molar-refractivity contribution in [1.82, 2.24) is 5.32 Å². The summed E-state index contributed by atoms with van der Waals surface area (Å²) in [4.78, 5) is 12.2. The maximum atomic E-state index is 13.0. The summed E-state index contributed by atoms with van der Waals surface area (Å²) in [6.07, 6.45) is 3.59. The zero-order valence-corrected chi connectivity index (χ0v) is 12.3. The van der Waals surface area contributed by atoms with Gasteiger partial charge in [0.25, 0.3) is 0 Å². The minimum Gasteiger partial charge on any atom is -0.349 e.